The Morgan fingerprint density at radius 3 is 2.65 bits per heavy atom. The molecule has 0 saturated carbocycles. The van der Waals surface area contributed by atoms with Crippen molar-refractivity contribution in [2.45, 2.75) is 38.8 Å². The standard InChI is InChI=1S/C13H26N4/c1-5-12-9-17(8-7-16(12)4)11-13(3,10-14)15-6-2/h12,15H,5-9,11H2,1-4H3. The maximum Gasteiger partial charge on any atom is 0.116 e. The van der Waals surface area contributed by atoms with Crippen LogP contribution in [0.15, 0.2) is 0 Å². The zero-order chi connectivity index (χ0) is 12.9. The Morgan fingerprint density at radius 1 is 1.41 bits per heavy atom. The summed E-state index contributed by atoms with van der Waals surface area (Å²) in [5.41, 5.74) is -0.414. The number of nitrogens with zero attached hydrogens (tertiary/aromatic N) is 3. The van der Waals surface area contributed by atoms with E-state index < -0.39 is 5.54 Å². The van der Waals surface area contributed by atoms with Crippen molar-refractivity contribution in [3.63, 3.8) is 0 Å². The molecule has 1 aliphatic heterocycles. The largest absolute Gasteiger partial charge is 0.301 e. The molecule has 1 rings (SSSR count). The third kappa shape index (κ3) is 3.95. The number of hydrogen-bond donors (Lipinski definition) is 1. The summed E-state index contributed by atoms with van der Waals surface area (Å²) in [5, 5.41) is 12.6. The molecule has 1 saturated heterocycles. The highest BCUT2D eigenvalue weighted by molar-refractivity contribution is 5.06. The van der Waals surface area contributed by atoms with Gasteiger partial charge in [0.05, 0.1) is 6.07 Å². The molecule has 0 aromatic carbocycles. The first-order valence-corrected chi connectivity index (χ1v) is 6.63. The molecule has 4 nitrogen and oxygen atoms in total. The molecule has 2 atom stereocenters. The van der Waals surface area contributed by atoms with E-state index >= 15 is 0 Å². The Kier molecular flexibility index (Phi) is 5.38. The molecule has 0 amide bonds. The van der Waals surface area contributed by atoms with Gasteiger partial charge in [-0.1, -0.05) is 13.8 Å². The first-order chi connectivity index (χ1) is 8.04. The van der Waals surface area contributed by atoms with Crippen LogP contribution >= 0.6 is 0 Å². The fourth-order valence-electron chi connectivity index (χ4n) is 2.56. The SMILES string of the molecule is CCNC(C)(C#N)CN1CCN(C)C(CC)C1. The second kappa shape index (κ2) is 6.34. The summed E-state index contributed by atoms with van der Waals surface area (Å²) in [6.45, 7) is 11.2. The van der Waals surface area contributed by atoms with Crippen LogP contribution in [0.25, 0.3) is 0 Å². The molecule has 0 aromatic heterocycles. The van der Waals surface area contributed by atoms with Gasteiger partial charge in [0.1, 0.15) is 5.54 Å². The molecular formula is C13H26N4. The van der Waals surface area contributed by atoms with Crippen LogP contribution in [-0.4, -0.2) is 61.2 Å². The zero-order valence-corrected chi connectivity index (χ0v) is 11.7. The fraction of sp³-hybridized carbons (Fsp3) is 0.923. The number of rotatable bonds is 5. The van der Waals surface area contributed by atoms with E-state index in [0.29, 0.717) is 6.04 Å². The smallest absolute Gasteiger partial charge is 0.116 e. The molecule has 0 radical (unpaired) electrons. The highest BCUT2D eigenvalue weighted by Crippen LogP contribution is 2.14. The van der Waals surface area contributed by atoms with Gasteiger partial charge in [0.25, 0.3) is 0 Å². The lowest BCUT2D eigenvalue weighted by molar-refractivity contribution is 0.0803. The van der Waals surface area contributed by atoms with Gasteiger partial charge in [-0.05, 0) is 26.9 Å². The van der Waals surface area contributed by atoms with Gasteiger partial charge < -0.3 is 4.90 Å². The van der Waals surface area contributed by atoms with E-state index in [2.05, 4.69) is 42.1 Å². The predicted molar refractivity (Wildman–Crippen MR) is 70.8 cm³/mol. The van der Waals surface area contributed by atoms with Crippen LogP contribution < -0.4 is 5.32 Å². The van der Waals surface area contributed by atoms with Crippen molar-refractivity contribution in [2.24, 2.45) is 0 Å². The molecule has 0 spiro atoms. The van der Waals surface area contributed by atoms with Gasteiger partial charge in [-0.15, -0.1) is 0 Å². The third-order valence-corrected chi connectivity index (χ3v) is 3.69. The van der Waals surface area contributed by atoms with E-state index in [9.17, 15) is 5.26 Å². The monoisotopic (exact) mass is 238 g/mol. The van der Waals surface area contributed by atoms with Crippen LogP contribution in [0.5, 0.6) is 0 Å². The summed E-state index contributed by atoms with van der Waals surface area (Å²) in [6.07, 6.45) is 1.18. The Labute approximate surface area is 106 Å². The molecule has 4 heteroatoms. The summed E-state index contributed by atoms with van der Waals surface area (Å²) in [6, 6.07) is 3.04. The average molecular weight is 238 g/mol. The average Bonchev–Trinajstić information content (AvgIpc) is 2.32. The van der Waals surface area contributed by atoms with Gasteiger partial charge in [-0.25, -0.2) is 0 Å². The second-order valence-electron chi connectivity index (χ2n) is 5.25. The summed E-state index contributed by atoms with van der Waals surface area (Å²) in [4.78, 5) is 4.84. The van der Waals surface area contributed by atoms with Gasteiger partial charge in [0.2, 0.25) is 0 Å². The van der Waals surface area contributed by atoms with Crippen LogP contribution in [0.1, 0.15) is 27.2 Å². The summed E-state index contributed by atoms with van der Waals surface area (Å²) in [7, 11) is 2.19. The minimum atomic E-state index is -0.414. The quantitative estimate of drug-likeness (QED) is 0.773. The molecule has 0 aliphatic carbocycles. The van der Waals surface area contributed by atoms with E-state index in [4.69, 9.17) is 0 Å². The van der Waals surface area contributed by atoms with Crippen molar-refractivity contribution < 1.29 is 0 Å². The van der Waals surface area contributed by atoms with Crippen molar-refractivity contribution in [1.29, 1.82) is 5.26 Å². The van der Waals surface area contributed by atoms with Gasteiger partial charge in [-0.2, -0.15) is 5.26 Å². The first-order valence-electron chi connectivity index (χ1n) is 6.63. The molecule has 98 valence electrons. The van der Waals surface area contributed by atoms with Crippen molar-refractivity contribution in [3.8, 4) is 6.07 Å². The minimum Gasteiger partial charge on any atom is -0.301 e. The van der Waals surface area contributed by atoms with Gasteiger partial charge in [-0.3, -0.25) is 10.2 Å². The molecule has 17 heavy (non-hydrogen) atoms. The number of likely N-dealkylation sites (N-methyl/N-ethyl adjacent to an activating group) is 2. The molecule has 1 N–H and O–H groups in total. The number of nitriles is 1. The fourth-order valence-corrected chi connectivity index (χ4v) is 2.56. The zero-order valence-electron chi connectivity index (χ0n) is 11.7. The molecule has 2 unspecified atom stereocenters. The Hall–Kier alpha value is -0.630. The van der Waals surface area contributed by atoms with Crippen molar-refractivity contribution in [3.05, 3.63) is 0 Å². The first kappa shape index (κ1) is 14.4. The van der Waals surface area contributed by atoms with Crippen molar-refractivity contribution in [1.82, 2.24) is 15.1 Å². The van der Waals surface area contributed by atoms with Gasteiger partial charge >= 0.3 is 0 Å². The molecule has 0 aromatic rings. The van der Waals surface area contributed by atoms with Crippen LogP contribution in [0, 0.1) is 11.3 Å². The molecule has 1 heterocycles. The minimum absolute atomic E-state index is 0.414. The van der Waals surface area contributed by atoms with E-state index in [1.165, 1.54) is 6.42 Å². The molecule has 0 bridgehead atoms. The van der Waals surface area contributed by atoms with E-state index in [0.717, 1.165) is 32.7 Å². The molecular weight excluding hydrogens is 212 g/mol. The Morgan fingerprint density at radius 2 is 2.12 bits per heavy atom. The van der Waals surface area contributed by atoms with Crippen LogP contribution in [0.3, 0.4) is 0 Å². The van der Waals surface area contributed by atoms with E-state index in [1.54, 1.807) is 0 Å². The van der Waals surface area contributed by atoms with Crippen LogP contribution in [0.2, 0.25) is 0 Å². The van der Waals surface area contributed by atoms with Gasteiger partial charge in [0, 0.05) is 32.2 Å². The lowest BCUT2D eigenvalue weighted by atomic mass is 10.0. The second-order valence-corrected chi connectivity index (χ2v) is 5.25. The maximum atomic E-state index is 9.27. The van der Waals surface area contributed by atoms with Crippen LogP contribution in [-0.2, 0) is 0 Å². The van der Waals surface area contributed by atoms with Crippen molar-refractivity contribution in [2.75, 3.05) is 39.8 Å². The number of hydrogen-bond acceptors (Lipinski definition) is 4. The van der Waals surface area contributed by atoms with E-state index in [-0.39, 0.29) is 0 Å². The molecule has 1 aliphatic rings. The van der Waals surface area contributed by atoms with E-state index in [1.807, 2.05) is 6.92 Å². The maximum absolute atomic E-state index is 9.27. The molecule has 1 fully saturated rings. The van der Waals surface area contributed by atoms with Crippen molar-refractivity contribution >= 4 is 0 Å². The predicted octanol–water partition coefficient (Wildman–Crippen LogP) is 0.904. The third-order valence-electron chi connectivity index (χ3n) is 3.69. The lowest BCUT2D eigenvalue weighted by Crippen LogP contribution is -2.57. The number of piperazine rings is 1. The summed E-state index contributed by atoms with van der Waals surface area (Å²) >= 11 is 0. The highest BCUT2D eigenvalue weighted by Gasteiger charge is 2.30. The summed E-state index contributed by atoms with van der Waals surface area (Å²) in [5.74, 6) is 0. The Balaban J connectivity index is 2.54. The van der Waals surface area contributed by atoms with Gasteiger partial charge in [0.15, 0.2) is 0 Å². The van der Waals surface area contributed by atoms with Crippen LogP contribution in [0.4, 0.5) is 0 Å². The Bertz CT molecular complexity index is 273. The summed E-state index contributed by atoms with van der Waals surface area (Å²) < 4.78 is 0. The normalized spacial score (nSPS) is 26.4. The number of nitrogens with one attached hydrogen (secondary N) is 1. The topological polar surface area (TPSA) is 42.3 Å². The lowest BCUT2D eigenvalue weighted by Gasteiger charge is -2.41. The highest BCUT2D eigenvalue weighted by atomic mass is 15.3.